The molecule has 0 radical (unpaired) electrons. The predicted molar refractivity (Wildman–Crippen MR) is 76.3 cm³/mol. The molecule has 1 aromatic carbocycles. The Morgan fingerprint density at radius 1 is 1.44 bits per heavy atom. The van der Waals surface area contributed by atoms with Crippen LogP contribution < -0.4 is 5.32 Å². The molecule has 1 amide bonds. The van der Waals surface area contributed by atoms with Crippen LogP contribution in [0.4, 0.5) is 10.6 Å². The van der Waals surface area contributed by atoms with Gasteiger partial charge in [0.25, 0.3) is 0 Å². The van der Waals surface area contributed by atoms with Crippen LogP contribution in [0.5, 0.6) is 0 Å². The maximum Gasteiger partial charge on any atom is 0.413 e. The molecule has 0 unspecified atom stereocenters. The average molecular weight is 357 g/mol. The van der Waals surface area contributed by atoms with E-state index < -0.39 is 6.09 Å². The quantitative estimate of drug-likeness (QED) is 0.830. The lowest BCUT2D eigenvalue weighted by Crippen LogP contribution is -2.14. The maximum atomic E-state index is 11.6. The first-order valence-corrected chi connectivity index (χ1v) is 6.43. The zero-order valence-electron chi connectivity index (χ0n) is 9.74. The Kier molecular flexibility index (Phi) is 4.19. The number of aromatic nitrogens is 2. The van der Waals surface area contributed by atoms with E-state index in [-0.39, 0.29) is 6.61 Å². The summed E-state index contributed by atoms with van der Waals surface area (Å²) in [4.78, 5) is 11.6. The highest BCUT2D eigenvalue weighted by atomic mass is 127. The highest BCUT2D eigenvalue weighted by molar-refractivity contribution is 14.1. The first kappa shape index (κ1) is 12.9. The Morgan fingerprint density at radius 2 is 2.17 bits per heavy atom. The van der Waals surface area contributed by atoms with E-state index in [0.717, 1.165) is 14.8 Å². The molecule has 2 rings (SSSR count). The second-order valence-corrected chi connectivity index (χ2v) is 4.78. The number of hydrogen-bond donors (Lipinski definition) is 2. The molecule has 18 heavy (non-hydrogen) atoms. The van der Waals surface area contributed by atoms with Crippen LogP contribution in [0, 0.1) is 10.5 Å². The Hall–Kier alpha value is -1.57. The smallest absolute Gasteiger partial charge is 0.413 e. The first-order valence-electron chi connectivity index (χ1n) is 5.35. The zero-order valence-corrected chi connectivity index (χ0v) is 11.9. The van der Waals surface area contributed by atoms with E-state index in [2.05, 4.69) is 38.1 Å². The van der Waals surface area contributed by atoms with Gasteiger partial charge in [0.15, 0.2) is 5.82 Å². The molecule has 5 nitrogen and oxygen atoms in total. The number of hydrogen-bond acceptors (Lipinski definition) is 3. The molecule has 2 N–H and O–H groups in total. The van der Waals surface area contributed by atoms with E-state index >= 15 is 0 Å². The van der Waals surface area contributed by atoms with Crippen molar-refractivity contribution in [2.75, 3.05) is 5.32 Å². The Labute approximate surface area is 118 Å². The van der Waals surface area contributed by atoms with Crippen molar-refractivity contribution in [1.29, 1.82) is 0 Å². The largest absolute Gasteiger partial charge is 0.444 e. The summed E-state index contributed by atoms with van der Waals surface area (Å²) in [5.74, 6) is 0.492. The number of aromatic amines is 1. The number of carbonyl (C=O) groups excluding carboxylic acids is 1. The SMILES string of the molecule is Cc1[nH]nc(NC(=O)OCc2ccccc2)c1I. The van der Waals surface area contributed by atoms with Crippen molar-refractivity contribution < 1.29 is 9.53 Å². The number of nitrogens with one attached hydrogen (secondary N) is 2. The van der Waals surface area contributed by atoms with Gasteiger partial charge in [0.1, 0.15) is 6.61 Å². The number of halogens is 1. The molecule has 0 bridgehead atoms. The van der Waals surface area contributed by atoms with Crippen LogP contribution in [0.3, 0.4) is 0 Å². The van der Waals surface area contributed by atoms with Gasteiger partial charge in [-0.3, -0.25) is 10.4 Å². The second-order valence-electron chi connectivity index (χ2n) is 3.70. The van der Waals surface area contributed by atoms with Gasteiger partial charge in [0, 0.05) is 5.69 Å². The number of anilines is 1. The Morgan fingerprint density at radius 3 is 2.78 bits per heavy atom. The molecule has 0 fully saturated rings. The number of benzene rings is 1. The fourth-order valence-electron chi connectivity index (χ4n) is 1.35. The molecule has 0 aliphatic heterocycles. The molecule has 0 atom stereocenters. The fraction of sp³-hybridized carbons (Fsp3) is 0.167. The predicted octanol–water partition coefficient (Wildman–Crippen LogP) is 3.07. The van der Waals surface area contributed by atoms with Crippen LogP contribution in [0.15, 0.2) is 30.3 Å². The van der Waals surface area contributed by atoms with Crippen molar-refractivity contribution in [3.8, 4) is 0 Å². The summed E-state index contributed by atoms with van der Waals surface area (Å²) in [6.45, 7) is 2.13. The summed E-state index contributed by atoms with van der Waals surface area (Å²) in [6.07, 6.45) is -0.511. The lowest BCUT2D eigenvalue weighted by Gasteiger charge is -2.05. The molecule has 2 aromatic rings. The molecule has 0 saturated heterocycles. The lowest BCUT2D eigenvalue weighted by atomic mass is 10.2. The van der Waals surface area contributed by atoms with E-state index in [1.807, 2.05) is 37.3 Å². The number of amides is 1. The van der Waals surface area contributed by atoms with Gasteiger partial charge in [0.2, 0.25) is 0 Å². The van der Waals surface area contributed by atoms with Gasteiger partial charge >= 0.3 is 6.09 Å². The summed E-state index contributed by atoms with van der Waals surface area (Å²) in [7, 11) is 0. The number of ether oxygens (including phenoxy) is 1. The number of aryl methyl sites for hydroxylation is 1. The van der Waals surface area contributed by atoms with Crippen LogP contribution >= 0.6 is 22.6 Å². The molecular weight excluding hydrogens is 345 g/mol. The van der Waals surface area contributed by atoms with Crippen molar-refractivity contribution in [3.05, 3.63) is 45.2 Å². The van der Waals surface area contributed by atoms with Gasteiger partial charge in [-0.05, 0) is 35.1 Å². The minimum Gasteiger partial charge on any atom is -0.444 e. The molecule has 1 aromatic heterocycles. The molecule has 0 aliphatic carbocycles. The standard InChI is InChI=1S/C12H12IN3O2/c1-8-10(13)11(16-15-8)14-12(17)18-7-9-5-3-2-4-6-9/h2-6H,7H2,1H3,(H2,14,15,16,17). The molecule has 0 spiro atoms. The lowest BCUT2D eigenvalue weighted by molar-refractivity contribution is 0.155. The Bertz CT molecular complexity index is 540. The number of rotatable bonds is 3. The van der Waals surface area contributed by atoms with Crippen LogP contribution in [-0.2, 0) is 11.3 Å². The zero-order chi connectivity index (χ0) is 13.0. The molecule has 6 heteroatoms. The number of H-pyrrole nitrogens is 1. The topological polar surface area (TPSA) is 67.0 Å². The summed E-state index contributed by atoms with van der Waals surface area (Å²) >= 11 is 2.11. The monoisotopic (exact) mass is 357 g/mol. The molecule has 1 heterocycles. The number of carbonyl (C=O) groups is 1. The highest BCUT2D eigenvalue weighted by Crippen LogP contribution is 2.18. The fourth-order valence-corrected chi connectivity index (χ4v) is 1.73. The maximum absolute atomic E-state index is 11.6. The van der Waals surface area contributed by atoms with Crippen LogP contribution in [-0.4, -0.2) is 16.3 Å². The van der Waals surface area contributed by atoms with Crippen LogP contribution in [0.25, 0.3) is 0 Å². The van der Waals surface area contributed by atoms with Crippen molar-refractivity contribution in [2.45, 2.75) is 13.5 Å². The Balaban J connectivity index is 1.88. The van der Waals surface area contributed by atoms with Crippen molar-refractivity contribution >= 4 is 34.5 Å². The van der Waals surface area contributed by atoms with Gasteiger partial charge in [-0.15, -0.1) is 0 Å². The third-order valence-corrected chi connectivity index (χ3v) is 3.63. The minimum absolute atomic E-state index is 0.243. The normalized spacial score (nSPS) is 10.1. The van der Waals surface area contributed by atoms with E-state index in [9.17, 15) is 4.79 Å². The van der Waals surface area contributed by atoms with Gasteiger partial charge in [0.05, 0.1) is 3.57 Å². The third-order valence-electron chi connectivity index (χ3n) is 2.31. The van der Waals surface area contributed by atoms with E-state index in [1.54, 1.807) is 0 Å². The molecule has 0 saturated carbocycles. The average Bonchev–Trinajstić information content (AvgIpc) is 2.70. The molecule has 0 aliphatic rings. The van der Waals surface area contributed by atoms with Gasteiger partial charge in [-0.25, -0.2) is 4.79 Å². The van der Waals surface area contributed by atoms with E-state index in [4.69, 9.17) is 4.74 Å². The summed E-state index contributed by atoms with van der Waals surface area (Å²) in [6, 6.07) is 9.51. The summed E-state index contributed by atoms with van der Waals surface area (Å²) in [5.41, 5.74) is 1.86. The van der Waals surface area contributed by atoms with Crippen LogP contribution in [0.1, 0.15) is 11.3 Å². The van der Waals surface area contributed by atoms with E-state index in [0.29, 0.717) is 5.82 Å². The first-order chi connectivity index (χ1) is 8.66. The van der Waals surface area contributed by atoms with Gasteiger partial charge in [-0.1, -0.05) is 30.3 Å². The summed E-state index contributed by atoms with van der Waals surface area (Å²) in [5, 5.41) is 9.34. The number of nitrogens with zero attached hydrogens (tertiary/aromatic N) is 1. The van der Waals surface area contributed by atoms with Gasteiger partial charge in [-0.2, -0.15) is 5.10 Å². The molecule has 94 valence electrons. The second kappa shape index (κ2) is 5.85. The van der Waals surface area contributed by atoms with Crippen LogP contribution in [0.2, 0.25) is 0 Å². The van der Waals surface area contributed by atoms with Crippen molar-refractivity contribution in [1.82, 2.24) is 10.2 Å². The minimum atomic E-state index is -0.511. The summed E-state index contributed by atoms with van der Waals surface area (Å²) < 4.78 is 5.97. The third kappa shape index (κ3) is 3.22. The van der Waals surface area contributed by atoms with E-state index in [1.165, 1.54) is 0 Å². The van der Waals surface area contributed by atoms with Crippen molar-refractivity contribution in [2.24, 2.45) is 0 Å². The van der Waals surface area contributed by atoms with Gasteiger partial charge < -0.3 is 4.74 Å². The van der Waals surface area contributed by atoms with Crippen molar-refractivity contribution in [3.63, 3.8) is 0 Å². The molecular formula is C12H12IN3O2. The highest BCUT2D eigenvalue weighted by Gasteiger charge is 2.11.